The maximum absolute atomic E-state index is 12.1. The smallest absolute Gasteiger partial charge is 0.411 e. The molecule has 0 spiro atoms. The van der Waals surface area contributed by atoms with Gasteiger partial charge in [0.15, 0.2) is 0 Å². The molecular weight excluding hydrogens is 416 g/mol. The molecule has 27 heavy (non-hydrogen) atoms. The van der Waals surface area contributed by atoms with Crippen molar-refractivity contribution in [2.24, 2.45) is 0 Å². The molecule has 2 aromatic carbocycles. The van der Waals surface area contributed by atoms with E-state index in [2.05, 4.69) is 26.6 Å². The summed E-state index contributed by atoms with van der Waals surface area (Å²) in [5.41, 5.74) is 0.819. The summed E-state index contributed by atoms with van der Waals surface area (Å²) >= 11 is 3.31. The first-order valence-corrected chi connectivity index (χ1v) is 9.23. The summed E-state index contributed by atoms with van der Waals surface area (Å²) in [6.07, 6.45) is 0.235. The normalized spacial score (nSPS) is 15.5. The van der Waals surface area contributed by atoms with Crippen LogP contribution >= 0.6 is 15.9 Å². The Labute approximate surface area is 164 Å². The highest BCUT2D eigenvalue weighted by atomic mass is 79.9. The summed E-state index contributed by atoms with van der Waals surface area (Å²) in [5.74, 6) is -1.02. The lowest BCUT2D eigenvalue weighted by Crippen LogP contribution is -2.46. The van der Waals surface area contributed by atoms with Crippen molar-refractivity contribution >= 4 is 33.7 Å². The van der Waals surface area contributed by atoms with Crippen LogP contribution in [0.5, 0.6) is 5.75 Å². The van der Waals surface area contributed by atoms with Crippen molar-refractivity contribution in [2.45, 2.75) is 19.1 Å². The first kappa shape index (κ1) is 19.2. The monoisotopic (exact) mass is 434 g/mol. The van der Waals surface area contributed by atoms with Gasteiger partial charge in [-0.2, -0.15) is 0 Å². The Morgan fingerprint density at radius 2 is 1.96 bits per heavy atom. The maximum atomic E-state index is 12.1. The molecule has 1 aliphatic rings. The molecule has 7 nitrogen and oxygen atoms in total. The van der Waals surface area contributed by atoms with Crippen LogP contribution in [-0.4, -0.2) is 36.4 Å². The number of nitrogens with one attached hydrogen (secondary N) is 2. The number of carbonyl (C=O) groups is 2. The van der Waals surface area contributed by atoms with Gasteiger partial charge in [0.05, 0.1) is 10.2 Å². The topological polar surface area (TPSA) is 96.9 Å². The number of hydrogen-bond acceptors (Lipinski definition) is 5. The van der Waals surface area contributed by atoms with Gasteiger partial charge in [0.2, 0.25) is 0 Å². The Morgan fingerprint density at radius 1 is 1.22 bits per heavy atom. The van der Waals surface area contributed by atoms with E-state index in [0.717, 1.165) is 18.5 Å². The molecule has 0 radical (unpaired) electrons. The van der Waals surface area contributed by atoms with Gasteiger partial charge in [0.25, 0.3) is 0 Å². The van der Waals surface area contributed by atoms with Gasteiger partial charge in [0, 0.05) is 6.04 Å². The molecule has 1 atom stereocenters. The van der Waals surface area contributed by atoms with E-state index in [-0.39, 0.29) is 29.6 Å². The first-order chi connectivity index (χ1) is 13.0. The molecule has 1 fully saturated rings. The second-order valence-corrected chi connectivity index (χ2v) is 6.90. The molecule has 3 N–H and O–H groups in total. The van der Waals surface area contributed by atoms with Crippen LogP contribution in [0.4, 0.5) is 10.5 Å². The van der Waals surface area contributed by atoms with Gasteiger partial charge in [0.1, 0.15) is 24.5 Å². The van der Waals surface area contributed by atoms with Gasteiger partial charge < -0.3 is 19.9 Å². The summed E-state index contributed by atoms with van der Waals surface area (Å²) in [6, 6.07) is 12.5. The van der Waals surface area contributed by atoms with E-state index in [4.69, 9.17) is 9.47 Å². The fraction of sp³-hybridized carbons (Fsp3) is 0.263. The van der Waals surface area contributed by atoms with Crippen LogP contribution in [0.2, 0.25) is 0 Å². The molecule has 2 aromatic rings. The lowest BCUT2D eigenvalue weighted by atomic mass is 10.1. The Hall–Kier alpha value is -2.58. The van der Waals surface area contributed by atoms with Crippen molar-refractivity contribution in [1.82, 2.24) is 5.32 Å². The number of ether oxygens (including phenoxy) is 2. The van der Waals surface area contributed by atoms with E-state index < -0.39 is 12.1 Å². The van der Waals surface area contributed by atoms with E-state index >= 15 is 0 Å². The fourth-order valence-corrected chi connectivity index (χ4v) is 3.00. The van der Waals surface area contributed by atoms with E-state index in [1.54, 1.807) is 6.07 Å². The van der Waals surface area contributed by atoms with E-state index in [1.807, 2.05) is 30.3 Å². The van der Waals surface area contributed by atoms with Crippen molar-refractivity contribution in [3.8, 4) is 5.75 Å². The van der Waals surface area contributed by atoms with Crippen molar-refractivity contribution in [2.75, 3.05) is 18.5 Å². The predicted molar refractivity (Wildman–Crippen MR) is 103 cm³/mol. The minimum absolute atomic E-state index is 0.0856. The summed E-state index contributed by atoms with van der Waals surface area (Å²) < 4.78 is 11.4. The Balaban J connectivity index is 1.71. The predicted octanol–water partition coefficient (Wildman–Crippen LogP) is 3.64. The van der Waals surface area contributed by atoms with Crippen molar-refractivity contribution in [3.05, 3.63) is 58.1 Å². The van der Waals surface area contributed by atoms with Crippen LogP contribution in [0.3, 0.4) is 0 Å². The van der Waals surface area contributed by atoms with E-state index in [9.17, 15) is 14.7 Å². The second kappa shape index (κ2) is 8.88. The number of carboxylic acids is 1. The summed E-state index contributed by atoms with van der Waals surface area (Å²) in [4.78, 5) is 23.9. The van der Waals surface area contributed by atoms with Gasteiger partial charge in [-0.25, -0.2) is 9.59 Å². The van der Waals surface area contributed by atoms with Gasteiger partial charge in [-0.15, -0.1) is 0 Å². The lowest BCUT2D eigenvalue weighted by molar-refractivity contribution is 0.0692. The van der Waals surface area contributed by atoms with E-state index in [1.165, 1.54) is 6.07 Å². The van der Waals surface area contributed by atoms with Crippen LogP contribution in [0, 0.1) is 0 Å². The highest BCUT2D eigenvalue weighted by molar-refractivity contribution is 9.10. The molecule has 1 unspecified atom stereocenters. The molecule has 0 bridgehead atoms. The molecule has 142 valence electrons. The number of benzene rings is 2. The van der Waals surface area contributed by atoms with Crippen molar-refractivity contribution in [1.29, 1.82) is 0 Å². The Kier molecular flexibility index (Phi) is 6.31. The molecular formula is C19H19BrN2O5. The average molecular weight is 435 g/mol. The highest BCUT2D eigenvalue weighted by Crippen LogP contribution is 2.35. The Bertz CT molecular complexity index is 824. The number of amides is 1. The Morgan fingerprint density at radius 3 is 2.59 bits per heavy atom. The zero-order valence-electron chi connectivity index (χ0n) is 14.4. The third kappa shape index (κ3) is 4.99. The number of carboxylic acid groups (broad SMARTS) is 1. The standard InChI is InChI=1S/C19H19BrN2O5/c20-14-6-7-15(22-19(25)27-10-12-4-2-1-3-5-12)16(18(23)24)17(14)26-11-13-8-9-21-13/h1-7,13,21H,8-11H2,(H,22,25)(H,23,24). The van der Waals surface area contributed by atoms with E-state index in [0.29, 0.717) is 11.1 Å². The minimum Gasteiger partial charge on any atom is -0.490 e. The number of hydrogen-bond donors (Lipinski definition) is 3. The third-order valence-electron chi connectivity index (χ3n) is 4.13. The largest absolute Gasteiger partial charge is 0.490 e. The van der Waals surface area contributed by atoms with Gasteiger partial charge >= 0.3 is 12.1 Å². The molecule has 1 amide bonds. The summed E-state index contributed by atoms with van der Waals surface area (Å²) in [6.45, 7) is 1.36. The summed E-state index contributed by atoms with van der Waals surface area (Å²) in [7, 11) is 0. The number of halogens is 1. The molecule has 8 heteroatoms. The van der Waals surface area contributed by atoms with Crippen LogP contribution in [0.1, 0.15) is 22.3 Å². The molecule has 1 aliphatic heterocycles. The van der Waals surface area contributed by atoms with Gasteiger partial charge in [-0.1, -0.05) is 30.3 Å². The average Bonchev–Trinajstić information content (AvgIpc) is 2.61. The van der Waals surface area contributed by atoms with Crippen molar-refractivity contribution in [3.63, 3.8) is 0 Å². The third-order valence-corrected chi connectivity index (χ3v) is 4.75. The number of aromatic carboxylic acids is 1. The van der Waals surface area contributed by atoms with Crippen LogP contribution in [0.15, 0.2) is 46.9 Å². The first-order valence-electron chi connectivity index (χ1n) is 8.44. The lowest BCUT2D eigenvalue weighted by Gasteiger charge is -2.28. The molecule has 0 aliphatic carbocycles. The van der Waals surface area contributed by atoms with Gasteiger partial charge in [-0.05, 0) is 46.6 Å². The second-order valence-electron chi connectivity index (χ2n) is 6.04. The van der Waals surface area contributed by atoms with Gasteiger partial charge in [-0.3, -0.25) is 5.32 Å². The minimum atomic E-state index is -1.20. The molecule has 0 aromatic heterocycles. The maximum Gasteiger partial charge on any atom is 0.411 e. The van der Waals surface area contributed by atoms with Crippen molar-refractivity contribution < 1.29 is 24.2 Å². The van der Waals surface area contributed by atoms with Crippen LogP contribution in [0.25, 0.3) is 0 Å². The molecule has 3 rings (SSSR count). The highest BCUT2D eigenvalue weighted by Gasteiger charge is 2.24. The number of rotatable bonds is 7. The number of carbonyl (C=O) groups excluding carboxylic acids is 1. The van der Waals surface area contributed by atoms with Crippen LogP contribution in [-0.2, 0) is 11.3 Å². The zero-order valence-corrected chi connectivity index (χ0v) is 16.0. The fourth-order valence-electron chi connectivity index (χ4n) is 2.56. The van der Waals surface area contributed by atoms with Crippen LogP contribution < -0.4 is 15.4 Å². The molecule has 1 saturated heterocycles. The zero-order chi connectivity index (χ0) is 19.2. The number of anilines is 1. The molecule has 0 saturated carbocycles. The SMILES string of the molecule is O=C(Nc1ccc(Br)c(OCC2CCN2)c1C(=O)O)OCc1ccccc1. The summed E-state index contributed by atoms with van der Waals surface area (Å²) in [5, 5.41) is 15.3. The quantitative estimate of drug-likeness (QED) is 0.615. The molecule has 1 heterocycles.